The van der Waals surface area contributed by atoms with Gasteiger partial charge in [-0.1, -0.05) is 0 Å². The number of aromatic nitrogens is 1. The Labute approximate surface area is 84.1 Å². The van der Waals surface area contributed by atoms with E-state index in [4.69, 9.17) is 10.00 Å². The normalized spacial score (nSPS) is 10.0. The summed E-state index contributed by atoms with van der Waals surface area (Å²) in [6, 6.07) is 4.11. The highest BCUT2D eigenvalue weighted by Gasteiger charge is 1.95. The van der Waals surface area contributed by atoms with Gasteiger partial charge in [0.1, 0.15) is 6.54 Å². The van der Waals surface area contributed by atoms with Crippen molar-refractivity contribution in [3.8, 4) is 6.07 Å². The van der Waals surface area contributed by atoms with Crippen LogP contribution in [0.2, 0.25) is 0 Å². The molecule has 1 aromatic rings. The Morgan fingerprint density at radius 1 is 1.64 bits per heavy atom. The predicted octanol–water partition coefficient (Wildman–Crippen LogP) is 0.748. The predicted molar refractivity (Wildman–Crippen MR) is 53.6 cm³/mol. The van der Waals surface area contributed by atoms with Crippen LogP contribution in [-0.4, -0.2) is 24.8 Å². The van der Waals surface area contributed by atoms with Crippen molar-refractivity contribution in [2.75, 3.05) is 20.3 Å². The van der Waals surface area contributed by atoms with Crippen molar-refractivity contribution in [3.63, 3.8) is 0 Å². The molecule has 0 saturated carbocycles. The maximum Gasteiger partial charge on any atom is 0.109 e. The van der Waals surface area contributed by atoms with Crippen LogP contribution in [0.15, 0.2) is 18.5 Å². The Bertz CT molecular complexity index is 301. The van der Waals surface area contributed by atoms with Gasteiger partial charge in [-0.25, -0.2) is 0 Å². The molecule has 0 atom stereocenters. The first-order valence-corrected chi connectivity index (χ1v) is 4.58. The van der Waals surface area contributed by atoms with E-state index in [9.17, 15) is 0 Å². The van der Waals surface area contributed by atoms with E-state index in [1.54, 1.807) is 7.11 Å². The van der Waals surface area contributed by atoms with E-state index >= 15 is 0 Å². The zero-order valence-corrected chi connectivity index (χ0v) is 8.36. The van der Waals surface area contributed by atoms with Gasteiger partial charge in [0.15, 0.2) is 0 Å². The van der Waals surface area contributed by atoms with Crippen molar-refractivity contribution in [2.45, 2.75) is 13.1 Å². The molecule has 1 aromatic heterocycles. The molecule has 1 N–H and O–H groups in total. The van der Waals surface area contributed by atoms with Crippen LogP contribution in [0.1, 0.15) is 5.56 Å². The van der Waals surface area contributed by atoms with Gasteiger partial charge >= 0.3 is 0 Å². The molecule has 0 spiro atoms. The van der Waals surface area contributed by atoms with Gasteiger partial charge in [0.25, 0.3) is 0 Å². The van der Waals surface area contributed by atoms with Crippen LogP contribution in [0.5, 0.6) is 0 Å². The third-order valence-corrected chi connectivity index (χ3v) is 1.88. The van der Waals surface area contributed by atoms with Crippen LogP contribution in [0, 0.1) is 11.3 Å². The lowest BCUT2D eigenvalue weighted by Gasteiger charge is -2.01. The molecular formula is C10H15N3O. The number of hydrogen-bond donors (Lipinski definition) is 1. The van der Waals surface area contributed by atoms with E-state index in [1.165, 1.54) is 5.56 Å². The SMILES string of the molecule is COCCNCc1ccn(CC#N)c1. The zero-order valence-electron chi connectivity index (χ0n) is 8.36. The Kier molecular flexibility index (Phi) is 4.76. The van der Waals surface area contributed by atoms with Gasteiger partial charge in [0.2, 0.25) is 0 Å². The zero-order chi connectivity index (χ0) is 10.2. The quantitative estimate of drug-likeness (QED) is 0.678. The summed E-state index contributed by atoms with van der Waals surface area (Å²) in [5.41, 5.74) is 1.19. The van der Waals surface area contributed by atoms with Crippen LogP contribution in [0.25, 0.3) is 0 Å². The molecule has 0 amide bonds. The number of nitrogens with one attached hydrogen (secondary N) is 1. The highest BCUT2D eigenvalue weighted by molar-refractivity contribution is 5.10. The molecule has 0 bridgehead atoms. The molecular weight excluding hydrogens is 178 g/mol. The van der Waals surface area contributed by atoms with Gasteiger partial charge in [-0.3, -0.25) is 0 Å². The summed E-state index contributed by atoms with van der Waals surface area (Å²) in [5, 5.41) is 11.7. The first kappa shape index (κ1) is 10.8. The summed E-state index contributed by atoms with van der Waals surface area (Å²) < 4.78 is 6.78. The number of nitriles is 1. The van der Waals surface area contributed by atoms with Crippen LogP contribution in [0.4, 0.5) is 0 Å². The number of nitrogens with zero attached hydrogens (tertiary/aromatic N) is 2. The summed E-state index contributed by atoms with van der Waals surface area (Å²) >= 11 is 0. The monoisotopic (exact) mass is 193 g/mol. The molecule has 0 aromatic carbocycles. The molecule has 76 valence electrons. The standard InChI is InChI=1S/C10H15N3O/c1-14-7-4-12-8-10-2-5-13(9-10)6-3-11/h2,5,9,12H,4,6-8H2,1H3. The summed E-state index contributed by atoms with van der Waals surface area (Å²) in [5.74, 6) is 0. The third kappa shape index (κ3) is 3.60. The Balaban J connectivity index is 2.26. The average molecular weight is 193 g/mol. The van der Waals surface area contributed by atoms with E-state index in [-0.39, 0.29) is 0 Å². The molecule has 14 heavy (non-hydrogen) atoms. The molecule has 0 unspecified atom stereocenters. The highest BCUT2D eigenvalue weighted by atomic mass is 16.5. The van der Waals surface area contributed by atoms with Gasteiger partial charge in [0, 0.05) is 32.6 Å². The Hall–Kier alpha value is -1.31. The molecule has 0 aliphatic rings. The molecule has 0 aliphatic carbocycles. The van der Waals surface area contributed by atoms with Crippen LogP contribution in [0.3, 0.4) is 0 Å². The average Bonchev–Trinajstić information content (AvgIpc) is 2.61. The van der Waals surface area contributed by atoms with Crippen molar-refractivity contribution in [1.29, 1.82) is 5.26 Å². The smallest absolute Gasteiger partial charge is 0.109 e. The minimum absolute atomic E-state index is 0.415. The second-order valence-corrected chi connectivity index (χ2v) is 3.02. The summed E-state index contributed by atoms with van der Waals surface area (Å²) in [7, 11) is 1.69. The van der Waals surface area contributed by atoms with Crippen molar-refractivity contribution >= 4 is 0 Å². The topological polar surface area (TPSA) is 50.0 Å². The lowest BCUT2D eigenvalue weighted by atomic mass is 10.3. The fourth-order valence-corrected chi connectivity index (χ4v) is 1.18. The van der Waals surface area contributed by atoms with E-state index in [0.717, 1.165) is 19.7 Å². The second-order valence-electron chi connectivity index (χ2n) is 3.02. The molecule has 0 fully saturated rings. The highest BCUT2D eigenvalue weighted by Crippen LogP contribution is 2.00. The van der Waals surface area contributed by atoms with Gasteiger partial charge in [0.05, 0.1) is 12.7 Å². The first-order valence-electron chi connectivity index (χ1n) is 4.58. The minimum Gasteiger partial charge on any atom is -0.383 e. The summed E-state index contributed by atoms with van der Waals surface area (Å²) in [6.07, 6.45) is 3.89. The molecule has 0 aliphatic heterocycles. The lowest BCUT2D eigenvalue weighted by Crippen LogP contribution is -2.18. The van der Waals surface area contributed by atoms with Crippen LogP contribution < -0.4 is 5.32 Å². The van der Waals surface area contributed by atoms with Crippen molar-refractivity contribution in [1.82, 2.24) is 9.88 Å². The van der Waals surface area contributed by atoms with Gasteiger partial charge in [-0.05, 0) is 11.6 Å². The number of rotatable bonds is 6. The summed E-state index contributed by atoms with van der Waals surface area (Å²) in [6.45, 7) is 2.80. The van der Waals surface area contributed by atoms with E-state index in [0.29, 0.717) is 6.54 Å². The molecule has 0 radical (unpaired) electrons. The lowest BCUT2D eigenvalue weighted by molar-refractivity contribution is 0.199. The second kappa shape index (κ2) is 6.19. The van der Waals surface area contributed by atoms with E-state index in [2.05, 4.69) is 11.4 Å². The van der Waals surface area contributed by atoms with Crippen molar-refractivity contribution < 1.29 is 4.74 Å². The van der Waals surface area contributed by atoms with Crippen molar-refractivity contribution in [3.05, 3.63) is 24.0 Å². The maximum atomic E-state index is 8.47. The largest absolute Gasteiger partial charge is 0.383 e. The number of ether oxygens (including phenoxy) is 1. The fourth-order valence-electron chi connectivity index (χ4n) is 1.18. The third-order valence-electron chi connectivity index (χ3n) is 1.88. The number of methoxy groups -OCH3 is 1. The van der Waals surface area contributed by atoms with Crippen molar-refractivity contribution in [2.24, 2.45) is 0 Å². The van der Waals surface area contributed by atoms with Gasteiger partial charge in [-0.2, -0.15) is 5.26 Å². The molecule has 4 heteroatoms. The van der Waals surface area contributed by atoms with Crippen LogP contribution in [-0.2, 0) is 17.8 Å². The van der Waals surface area contributed by atoms with E-state index < -0.39 is 0 Å². The molecule has 1 rings (SSSR count). The van der Waals surface area contributed by atoms with E-state index in [1.807, 2.05) is 23.0 Å². The maximum absolute atomic E-state index is 8.47. The molecule has 4 nitrogen and oxygen atoms in total. The number of hydrogen-bond acceptors (Lipinski definition) is 3. The summed E-state index contributed by atoms with van der Waals surface area (Å²) in [4.78, 5) is 0. The Morgan fingerprint density at radius 2 is 2.50 bits per heavy atom. The minimum atomic E-state index is 0.415. The Morgan fingerprint density at radius 3 is 3.21 bits per heavy atom. The fraction of sp³-hybridized carbons (Fsp3) is 0.500. The molecule has 1 heterocycles. The first-order chi connectivity index (χ1) is 6.86. The van der Waals surface area contributed by atoms with Crippen LogP contribution >= 0.6 is 0 Å². The van der Waals surface area contributed by atoms with Gasteiger partial charge in [-0.15, -0.1) is 0 Å². The molecule has 0 saturated heterocycles. The van der Waals surface area contributed by atoms with Gasteiger partial charge < -0.3 is 14.6 Å².